The molecule has 0 bridgehead atoms. The number of hydrogen-bond acceptors (Lipinski definition) is 5. The van der Waals surface area contributed by atoms with E-state index in [9.17, 15) is 22.8 Å². The fourth-order valence-corrected chi connectivity index (χ4v) is 3.83. The highest BCUT2D eigenvalue weighted by molar-refractivity contribution is 5.93. The Bertz CT molecular complexity index is 986. The Morgan fingerprint density at radius 3 is 2.74 bits per heavy atom. The second-order valence-electron chi connectivity index (χ2n) is 8.41. The fourth-order valence-electron chi connectivity index (χ4n) is 3.83. The van der Waals surface area contributed by atoms with E-state index in [-0.39, 0.29) is 42.1 Å². The molecular weight excluding hydrogens is 415 g/mol. The quantitative estimate of drug-likeness (QED) is 0.745. The van der Waals surface area contributed by atoms with E-state index in [0.717, 1.165) is 6.07 Å². The van der Waals surface area contributed by atoms with Crippen LogP contribution in [0.3, 0.4) is 0 Å². The molecule has 2 fully saturated rings. The number of hydrogen-bond donors (Lipinski definition) is 1. The van der Waals surface area contributed by atoms with Gasteiger partial charge in [0.05, 0.1) is 37.6 Å². The van der Waals surface area contributed by atoms with Crippen molar-refractivity contribution in [3.05, 3.63) is 47.3 Å². The lowest BCUT2D eigenvalue weighted by Gasteiger charge is -2.37. The van der Waals surface area contributed by atoms with Gasteiger partial charge in [0.25, 0.3) is 5.91 Å². The van der Waals surface area contributed by atoms with Crippen LogP contribution in [0.25, 0.3) is 0 Å². The minimum absolute atomic E-state index is 0.0173. The number of nitrogens with one attached hydrogen (secondary N) is 1. The van der Waals surface area contributed by atoms with Crippen LogP contribution in [-0.4, -0.2) is 57.5 Å². The summed E-state index contributed by atoms with van der Waals surface area (Å²) in [6, 6.07) is 4.65. The molecule has 2 aliphatic rings. The van der Waals surface area contributed by atoms with E-state index in [0.29, 0.717) is 19.8 Å². The molecule has 1 atom stereocenters. The molecule has 2 aromatic rings. The van der Waals surface area contributed by atoms with Gasteiger partial charge in [0.2, 0.25) is 5.91 Å². The molecule has 2 amide bonds. The van der Waals surface area contributed by atoms with Gasteiger partial charge in [0.1, 0.15) is 0 Å². The summed E-state index contributed by atoms with van der Waals surface area (Å²) >= 11 is 0. The van der Waals surface area contributed by atoms with Crippen molar-refractivity contribution < 1.29 is 27.5 Å². The number of carbonyl (C=O) groups excluding carboxylic acids is 2. The first-order chi connectivity index (χ1) is 14.6. The maximum Gasteiger partial charge on any atom is 0.416 e. The maximum absolute atomic E-state index is 13.2. The van der Waals surface area contributed by atoms with Crippen LogP contribution in [-0.2, 0) is 28.8 Å². The van der Waals surface area contributed by atoms with Gasteiger partial charge in [-0.1, -0.05) is 30.3 Å². The number of aromatic nitrogens is 3. The molecule has 1 aromatic heterocycles. The van der Waals surface area contributed by atoms with Crippen molar-refractivity contribution in [3.63, 3.8) is 0 Å². The molecule has 11 heteroatoms. The number of alkyl halides is 3. The summed E-state index contributed by atoms with van der Waals surface area (Å²) in [6.07, 6.45) is -2.95. The van der Waals surface area contributed by atoms with Crippen LogP contribution < -0.4 is 5.32 Å². The van der Waals surface area contributed by atoms with Gasteiger partial charge in [-0.25, -0.2) is 0 Å². The number of halogens is 3. The number of ether oxygens (including phenoxy) is 1. The highest BCUT2D eigenvalue weighted by atomic mass is 19.4. The van der Waals surface area contributed by atoms with Crippen LogP contribution in [0.5, 0.6) is 0 Å². The second kappa shape index (κ2) is 7.95. The van der Waals surface area contributed by atoms with Crippen LogP contribution in [0.2, 0.25) is 0 Å². The third-order valence-corrected chi connectivity index (χ3v) is 5.45. The molecule has 0 spiro atoms. The zero-order chi connectivity index (χ0) is 22.2. The van der Waals surface area contributed by atoms with Crippen molar-refractivity contribution in [2.45, 2.75) is 38.7 Å². The van der Waals surface area contributed by atoms with Crippen molar-refractivity contribution in [3.8, 4) is 0 Å². The van der Waals surface area contributed by atoms with Crippen LogP contribution in [0.4, 0.5) is 13.2 Å². The van der Waals surface area contributed by atoms with Gasteiger partial charge in [-0.2, -0.15) is 13.2 Å². The number of carbonyl (C=O) groups is 2. The lowest BCUT2D eigenvalue weighted by molar-refractivity contribution is -0.139. The summed E-state index contributed by atoms with van der Waals surface area (Å²) in [5.74, 6) is -0.791. The third kappa shape index (κ3) is 4.71. The van der Waals surface area contributed by atoms with Gasteiger partial charge in [-0.05, 0) is 11.6 Å². The lowest BCUT2D eigenvalue weighted by Crippen LogP contribution is -2.43. The zero-order valence-electron chi connectivity index (χ0n) is 16.9. The van der Waals surface area contributed by atoms with Crippen molar-refractivity contribution in [1.82, 2.24) is 25.2 Å². The third-order valence-electron chi connectivity index (χ3n) is 5.45. The molecule has 0 radical (unpaired) electrons. The Labute approximate surface area is 176 Å². The van der Waals surface area contributed by atoms with E-state index < -0.39 is 23.7 Å². The second-order valence-corrected chi connectivity index (χ2v) is 8.41. The Morgan fingerprint density at radius 1 is 1.32 bits per heavy atom. The molecule has 4 rings (SSSR count). The maximum atomic E-state index is 13.2. The number of nitrogens with zero attached hydrogens (tertiary/aromatic N) is 4. The average molecular weight is 437 g/mol. The molecule has 1 aromatic carbocycles. The molecule has 3 heterocycles. The first-order valence-electron chi connectivity index (χ1n) is 9.85. The Kier molecular flexibility index (Phi) is 5.46. The van der Waals surface area contributed by atoms with Gasteiger partial charge < -0.3 is 15.0 Å². The van der Waals surface area contributed by atoms with E-state index in [1.165, 1.54) is 29.3 Å². The average Bonchev–Trinajstić information content (AvgIpc) is 3.27. The smallest absolute Gasteiger partial charge is 0.380 e. The van der Waals surface area contributed by atoms with Crippen LogP contribution in [0.1, 0.15) is 35.0 Å². The van der Waals surface area contributed by atoms with Crippen LogP contribution in [0, 0.1) is 5.41 Å². The summed E-state index contributed by atoms with van der Waals surface area (Å²) in [5, 5.41) is 10.6. The Hall–Kier alpha value is -2.95. The van der Waals surface area contributed by atoms with Gasteiger partial charge in [-0.3, -0.25) is 14.3 Å². The molecule has 31 heavy (non-hydrogen) atoms. The van der Waals surface area contributed by atoms with Gasteiger partial charge in [0.15, 0.2) is 5.69 Å². The van der Waals surface area contributed by atoms with E-state index in [4.69, 9.17) is 4.74 Å². The number of likely N-dealkylation sites (tertiary alicyclic amines) is 1. The summed E-state index contributed by atoms with van der Waals surface area (Å²) in [7, 11) is 0. The largest absolute Gasteiger partial charge is 0.416 e. The van der Waals surface area contributed by atoms with Gasteiger partial charge in [-0.15, -0.1) is 5.10 Å². The predicted octanol–water partition coefficient (Wildman–Crippen LogP) is 1.86. The first-order valence-corrected chi connectivity index (χ1v) is 9.85. The summed E-state index contributed by atoms with van der Waals surface area (Å²) < 4.78 is 46.4. The SMILES string of the molecule is CC1(Cn2cc(C(=O)NC3CC(=O)N(Cc4ccccc4C(F)(F)F)C3)nn2)COC1. The fraction of sp³-hybridized carbons (Fsp3) is 0.500. The van der Waals surface area contributed by atoms with E-state index in [1.54, 1.807) is 4.68 Å². The topological polar surface area (TPSA) is 89.4 Å². The van der Waals surface area contributed by atoms with E-state index in [1.807, 2.05) is 6.92 Å². The number of amides is 2. The standard InChI is InChI=1S/C20H22F3N5O3/c1-19(11-31-12-19)10-28-9-16(25-26-28)18(30)24-14-6-17(29)27(8-14)7-13-4-2-3-5-15(13)20(21,22)23/h2-5,9,14H,6-8,10-12H2,1H3,(H,24,30). The number of rotatable bonds is 6. The van der Waals surface area contributed by atoms with Crippen LogP contribution >= 0.6 is 0 Å². The first kappa shape index (κ1) is 21.3. The minimum atomic E-state index is -4.50. The molecule has 0 saturated carbocycles. The van der Waals surface area contributed by atoms with E-state index in [2.05, 4.69) is 15.6 Å². The normalized spacial score (nSPS) is 20.6. The van der Waals surface area contributed by atoms with Crippen LogP contribution in [0.15, 0.2) is 30.5 Å². The number of benzene rings is 1. The zero-order valence-corrected chi connectivity index (χ0v) is 16.9. The molecule has 2 saturated heterocycles. The summed E-state index contributed by atoms with van der Waals surface area (Å²) in [4.78, 5) is 26.1. The monoisotopic (exact) mass is 437 g/mol. The van der Waals surface area contributed by atoms with Crippen molar-refractivity contribution >= 4 is 11.8 Å². The Balaban J connectivity index is 1.36. The molecule has 2 aliphatic heterocycles. The molecular formula is C20H22F3N5O3. The Morgan fingerprint density at radius 2 is 2.06 bits per heavy atom. The molecule has 8 nitrogen and oxygen atoms in total. The van der Waals surface area contributed by atoms with Crippen molar-refractivity contribution in [1.29, 1.82) is 0 Å². The highest BCUT2D eigenvalue weighted by Gasteiger charge is 2.37. The summed E-state index contributed by atoms with van der Waals surface area (Å²) in [6.45, 7) is 3.81. The van der Waals surface area contributed by atoms with Crippen molar-refractivity contribution in [2.75, 3.05) is 19.8 Å². The minimum Gasteiger partial charge on any atom is -0.380 e. The lowest BCUT2D eigenvalue weighted by atomic mass is 9.89. The van der Waals surface area contributed by atoms with Gasteiger partial charge in [0, 0.05) is 24.9 Å². The molecule has 1 unspecified atom stereocenters. The molecule has 166 valence electrons. The predicted molar refractivity (Wildman–Crippen MR) is 102 cm³/mol. The van der Waals surface area contributed by atoms with Gasteiger partial charge >= 0.3 is 6.18 Å². The highest BCUT2D eigenvalue weighted by Crippen LogP contribution is 2.33. The molecule has 1 N–H and O–H groups in total. The van der Waals surface area contributed by atoms with E-state index >= 15 is 0 Å². The molecule has 0 aliphatic carbocycles. The summed E-state index contributed by atoms with van der Waals surface area (Å²) in [5.41, 5.74) is -0.659. The van der Waals surface area contributed by atoms with Crippen molar-refractivity contribution in [2.24, 2.45) is 5.41 Å².